The molecule has 0 aliphatic heterocycles. The fraction of sp³-hybridized carbons (Fsp3) is 0.111. The number of rotatable bonds is 10. The third-order valence-corrected chi connectivity index (χ3v) is 7.80. The van der Waals surface area contributed by atoms with Gasteiger partial charge in [0.2, 0.25) is 0 Å². The summed E-state index contributed by atoms with van der Waals surface area (Å²) in [5.41, 5.74) is 5.08. The minimum absolute atomic E-state index is 0.0352. The molecule has 0 radical (unpaired) electrons. The molecule has 0 bridgehead atoms. The van der Waals surface area contributed by atoms with E-state index < -0.39 is 63.8 Å². The molecule has 2 aromatic heterocycles. The number of fused-ring (bicyclic) bond motifs is 1. The number of carboxylic acid groups (broad SMARTS) is 1. The first-order chi connectivity index (χ1) is 23.4. The van der Waals surface area contributed by atoms with E-state index in [9.17, 15) is 36.7 Å². The second-order valence-corrected chi connectivity index (χ2v) is 13.1. The molecular formula is C27H26ClF2N8O10PS. The van der Waals surface area contributed by atoms with E-state index in [1.807, 2.05) is 6.07 Å². The summed E-state index contributed by atoms with van der Waals surface area (Å²) in [5, 5.41) is 23.9. The number of anilines is 2. The van der Waals surface area contributed by atoms with Gasteiger partial charge in [0, 0.05) is 18.0 Å². The van der Waals surface area contributed by atoms with Crippen LogP contribution < -0.4 is 20.5 Å². The molecule has 0 saturated carbocycles. The summed E-state index contributed by atoms with van der Waals surface area (Å²) >= 11 is 5.94. The second-order valence-electron chi connectivity index (χ2n) is 9.54. The molecule has 5 rings (SSSR count). The first-order valence-electron chi connectivity index (χ1n) is 13.5. The second kappa shape index (κ2) is 16.9. The van der Waals surface area contributed by atoms with Gasteiger partial charge in [0.05, 0.1) is 17.8 Å². The van der Waals surface area contributed by atoms with Gasteiger partial charge in [-0.05, 0) is 43.3 Å². The van der Waals surface area contributed by atoms with Crippen LogP contribution in [0.2, 0.25) is 5.02 Å². The number of ether oxygens (including phenoxy) is 1. The minimum atomic E-state index is -4.35. The highest BCUT2D eigenvalue weighted by Crippen LogP contribution is 2.38. The molecule has 23 heteroatoms. The predicted octanol–water partition coefficient (Wildman–Crippen LogP) is 3.93. The number of benzene rings is 3. The quantitative estimate of drug-likeness (QED) is 0.0509. The van der Waals surface area contributed by atoms with Gasteiger partial charge in [0.1, 0.15) is 39.5 Å². The van der Waals surface area contributed by atoms with Gasteiger partial charge in [-0.2, -0.15) is 13.4 Å². The topological polar surface area (TPSA) is 274 Å². The lowest BCUT2D eigenvalue weighted by Gasteiger charge is -2.08. The number of hydrogen-bond acceptors (Lipinski definition) is 12. The van der Waals surface area contributed by atoms with Crippen LogP contribution in [0.25, 0.3) is 5.78 Å². The molecule has 2 heterocycles. The standard InChI is InChI=1S/C12H9ClN2O3.C12H9F2N5O2S.C3H8NO5P/c13-11-10(18-8-4-2-1-3-5-8)7-6-9(12(11)14)15(16)17;1-7-5-6-19-11(15-7)16-12(17-19)22(20,21)18-10-8(13)3-2-4-9(10)14;5-3(6)1-4-2-10(7,8)9/h1-7H,14H2;2-6,18H,1H3;4H,1-2H2,(H,5,6)(H2,7,8,9). The Morgan fingerprint density at radius 3 is 2.30 bits per heavy atom. The van der Waals surface area contributed by atoms with Crippen molar-refractivity contribution < 1.29 is 51.1 Å². The normalized spacial score (nSPS) is 11.1. The van der Waals surface area contributed by atoms with E-state index in [0.29, 0.717) is 11.4 Å². The summed E-state index contributed by atoms with van der Waals surface area (Å²) in [6.07, 6.45) is 0.882. The van der Waals surface area contributed by atoms with E-state index in [2.05, 4.69) is 20.4 Å². The zero-order valence-corrected chi connectivity index (χ0v) is 27.8. The van der Waals surface area contributed by atoms with E-state index >= 15 is 0 Å². The van der Waals surface area contributed by atoms with Crippen LogP contribution in [0.1, 0.15) is 5.69 Å². The number of nitro groups is 1. The largest absolute Gasteiger partial charge is 0.480 e. The number of sulfonamides is 1. The van der Waals surface area contributed by atoms with Gasteiger partial charge < -0.3 is 25.4 Å². The van der Waals surface area contributed by atoms with Crippen LogP contribution in [-0.2, 0) is 19.4 Å². The summed E-state index contributed by atoms with van der Waals surface area (Å²) in [4.78, 5) is 44.0. The van der Waals surface area contributed by atoms with Gasteiger partial charge in [-0.3, -0.25) is 29.5 Å². The molecule has 266 valence electrons. The van der Waals surface area contributed by atoms with Gasteiger partial charge in [0.15, 0.2) is 0 Å². The van der Waals surface area contributed by atoms with Gasteiger partial charge in [0.25, 0.3) is 26.6 Å². The molecule has 50 heavy (non-hydrogen) atoms. The average Bonchev–Trinajstić information content (AvgIpc) is 3.46. The van der Waals surface area contributed by atoms with Gasteiger partial charge >= 0.3 is 13.6 Å². The maximum atomic E-state index is 13.5. The maximum Gasteiger partial charge on any atom is 0.339 e. The van der Waals surface area contributed by atoms with E-state index in [-0.39, 0.29) is 27.9 Å². The molecule has 3 aromatic carbocycles. The molecule has 0 fully saturated rings. The molecule has 0 saturated heterocycles. The van der Waals surface area contributed by atoms with Gasteiger partial charge in [-0.1, -0.05) is 35.9 Å². The summed E-state index contributed by atoms with van der Waals surface area (Å²) in [5.74, 6) is -2.30. The molecular weight excluding hydrogens is 733 g/mol. The van der Waals surface area contributed by atoms with Crippen LogP contribution in [0.5, 0.6) is 11.5 Å². The van der Waals surface area contributed by atoms with E-state index in [4.69, 9.17) is 37.0 Å². The van der Waals surface area contributed by atoms with Crippen LogP contribution in [-0.4, -0.2) is 66.6 Å². The van der Waals surface area contributed by atoms with Crippen molar-refractivity contribution in [3.63, 3.8) is 0 Å². The van der Waals surface area contributed by atoms with Crippen molar-refractivity contribution in [2.24, 2.45) is 0 Å². The smallest absolute Gasteiger partial charge is 0.339 e. The number of carbonyl (C=O) groups is 1. The summed E-state index contributed by atoms with van der Waals surface area (Å²) < 4.78 is 69.9. The third kappa shape index (κ3) is 11.4. The Bertz CT molecular complexity index is 2140. The maximum absolute atomic E-state index is 13.5. The minimum Gasteiger partial charge on any atom is -0.480 e. The lowest BCUT2D eigenvalue weighted by Crippen LogP contribution is -2.23. The number of hydrogen-bond donors (Lipinski definition) is 6. The number of nitrogen functional groups attached to an aromatic ring is 1. The average molecular weight is 759 g/mol. The molecule has 0 spiro atoms. The highest BCUT2D eigenvalue weighted by molar-refractivity contribution is 7.92. The van der Waals surface area contributed by atoms with Crippen LogP contribution in [0.4, 0.5) is 25.8 Å². The molecule has 0 atom stereocenters. The Labute approximate surface area is 285 Å². The number of aromatic nitrogens is 4. The number of halogens is 3. The third-order valence-electron chi connectivity index (χ3n) is 5.65. The summed E-state index contributed by atoms with van der Waals surface area (Å²) in [6, 6.07) is 16.2. The van der Waals surface area contributed by atoms with Crippen molar-refractivity contribution >= 4 is 58.0 Å². The van der Waals surface area contributed by atoms with E-state index in [1.165, 1.54) is 18.3 Å². The van der Waals surface area contributed by atoms with E-state index in [0.717, 1.165) is 22.7 Å². The summed E-state index contributed by atoms with van der Waals surface area (Å²) in [7, 11) is -8.44. The number of aliphatic carboxylic acids is 1. The highest BCUT2D eigenvalue weighted by atomic mass is 35.5. The molecule has 0 amide bonds. The zero-order valence-electron chi connectivity index (χ0n) is 25.3. The molecule has 0 unspecified atom stereocenters. The van der Waals surface area contributed by atoms with E-state index in [1.54, 1.807) is 42.0 Å². The number of aryl methyl sites for hydroxylation is 1. The van der Waals surface area contributed by atoms with Crippen molar-refractivity contribution in [1.29, 1.82) is 0 Å². The number of para-hydroxylation sites is 2. The molecule has 7 N–H and O–H groups in total. The molecule has 0 aliphatic rings. The van der Waals surface area contributed by atoms with Crippen molar-refractivity contribution in [3.8, 4) is 11.5 Å². The van der Waals surface area contributed by atoms with Crippen LogP contribution >= 0.6 is 19.2 Å². The predicted molar refractivity (Wildman–Crippen MR) is 174 cm³/mol. The monoisotopic (exact) mass is 758 g/mol. The first-order valence-corrected chi connectivity index (χ1v) is 17.1. The Hall–Kier alpha value is -5.31. The first kappa shape index (κ1) is 39.1. The van der Waals surface area contributed by atoms with Crippen LogP contribution in [0, 0.1) is 28.7 Å². The Morgan fingerprint density at radius 1 is 1.08 bits per heavy atom. The van der Waals surface area contributed by atoms with Crippen molar-refractivity contribution in [1.82, 2.24) is 24.9 Å². The van der Waals surface area contributed by atoms with Gasteiger partial charge in [-0.25, -0.2) is 18.3 Å². The number of carboxylic acids is 1. The molecule has 18 nitrogen and oxygen atoms in total. The zero-order chi connectivity index (χ0) is 37.2. The Morgan fingerprint density at radius 2 is 1.72 bits per heavy atom. The van der Waals surface area contributed by atoms with Crippen LogP contribution in [0.15, 0.2) is 78.1 Å². The fourth-order valence-electron chi connectivity index (χ4n) is 3.46. The van der Waals surface area contributed by atoms with Gasteiger partial charge in [-0.15, -0.1) is 5.10 Å². The van der Waals surface area contributed by atoms with Crippen molar-refractivity contribution in [2.45, 2.75) is 12.1 Å². The number of nitrogens with one attached hydrogen (secondary N) is 2. The van der Waals surface area contributed by atoms with Crippen molar-refractivity contribution in [2.75, 3.05) is 23.3 Å². The Balaban J connectivity index is 0.000000218. The molecule has 5 aromatic rings. The Kier molecular flexibility index (Phi) is 13.2. The number of nitrogens with zero attached hydrogens (tertiary/aromatic N) is 5. The lowest BCUT2D eigenvalue weighted by molar-refractivity contribution is -0.383. The van der Waals surface area contributed by atoms with Crippen molar-refractivity contribution in [3.05, 3.63) is 105 Å². The highest BCUT2D eigenvalue weighted by Gasteiger charge is 2.24. The SMILES string of the molecule is Cc1ccn2nc(S(=O)(=O)Nc3c(F)cccc3F)nc2n1.Nc1c([N+](=O)[O-])ccc(Oc2ccccc2)c1Cl.O=C(O)CNCP(=O)(O)O. The fourth-order valence-corrected chi connectivity index (χ4v) is 5.01. The number of nitrogens with two attached hydrogens (primary N) is 1. The summed E-state index contributed by atoms with van der Waals surface area (Å²) in [6.45, 7) is 1.26. The lowest BCUT2D eigenvalue weighted by atomic mass is 10.2. The molecule has 0 aliphatic carbocycles. The van der Waals surface area contributed by atoms with Crippen LogP contribution in [0.3, 0.4) is 0 Å². The number of nitro benzene ring substituents is 1.